The molecule has 1 unspecified atom stereocenters. The van der Waals surface area contributed by atoms with Gasteiger partial charge in [-0.15, -0.1) is 0 Å². The van der Waals surface area contributed by atoms with Crippen LogP contribution >= 0.6 is 0 Å². The molecule has 8 nitrogen and oxygen atoms in total. The Labute approximate surface area is 207 Å². The molecule has 3 aliphatic rings. The molecule has 0 radical (unpaired) electrons. The van der Waals surface area contributed by atoms with E-state index in [9.17, 15) is 4.79 Å². The predicted octanol–water partition coefficient (Wildman–Crippen LogP) is 4.65. The lowest BCUT2D eigenvalue weighted by atomic mass is 9.78. The van der Waals surface area contributed by atoms with E-state index in [1.165, 1.54) is 0 Å². The van der Waals surface area contributed by atoms with E-state index in [0.717, 1.165) is 41.1 Å². The molecular weight excluding hydrogens is 447 g/mol. The first-order valence-corrected chi connectivity index (χ1v) is 12.5. The van der Waals surface area contributed by atoms with Crippen molar-refractivity contribution in [2.45, 2.75) is 90.6 Å². The van der Waals surface area contributed by atoms with Crippen molar-refractivity contribution in [1.29, 1.82) is 0 Å². The number of fused-ring (bicyclic) bond motifs is 3. The summed E-state index contributed by atoms with van der Waals surface area (Å²) < 4.78 is 30.4. The lowest BCUT2D eigenvalue weighted by Gasteiger charge is -2.32. The maximum absolute atomic E-state index is 12.8. The molecule has 2 saturated heterocycles. The second kappa shape index (κ2) is 8.27. The number of benzene rings is 1. The largest absolute Gasteiger partial charge is 0.494 e. The highest BCUT2D eigenvalue weighted by Gasteiger charge is 2.52. The van der Waals surface area contributed by atoms with E-state index in [4.69, 9.17) is 28.2 Å². The molecule has 0 bridgehead atoms. The molecule has 1 aromatic carbocycles. The molecule has 3 aliphatic heterocycles. The minimum absolute atomic E-state index is 0.231. The van der Waals surface area contributed by atoms with Crippen LogP contribution in [-0.2, 0) is 20.5 Å². The number of likely N-dealkylation sites (tertiary alicyclic amines) is 1. The molecule has 188 valence electrons. The number of rotatable bonds is 2. The third-order valence-corrected chi connectivity index (χ3v) is 7.25. The maximum atomic E-state index is 12.8. The monoisotopic (exact) mass is 482 g/mol. The Morgan fingerprint density at radius 3 is 2.57 bits per heavy atom. The third-order valence-electron chi connectivity index (χ3n) is 7.25. The molecular formula is C26H35BN2O6. The SMILES string of the molecule is CC(C)(C)OC(=O)N1CCCC1c1nc2c(o1)CCOc1cc(B3OC(C)(C)C(C)(C)O3)ccc1-2. The Balaban J connectivity index is 1.43. The van der Waals surface area contributed by atoms with Crippen LogP contribution in [0, 0.1) is 0 Å². The highest BCUT2D eigenvalue weighted by molar-refractivity contribution is 6.62. The Morgan fingerprint density at radius 1 is 1.17 bits per heavy atom. The third kappa shape index (κ3) is 4.44. The molecule has 35 heavy (non-hydrogen) atoms. The quantitative estimate of drug-likeness (QED) is 0.577. The number of ether oxygens (including phenoxy) is 2. The standard InChI is InChI=1S/C26H35BN2O6/c1-24(2,3)33-23(30)29-13-8-9-18(29)22-28-21-17-11-10-16(15-20(17)31-14-12-19(21)32-22)27-34-25(4,5)26(6,7)35-27/h10-11,15,18H,8-9,12-14H2,1-7H3. The summed E-state index contributed by atoms with van der Waals surface area (Å²) in [4.78, 5) is 19.4. The van der Waals surface area contributed by atoms with Crippen LogP contribution in [0.5, 0.6) is 5.75 Å². The summed E-state index contributed by atoms with van der Waals surface area (Å²) in [7, 11) is -0.467. The molecule has 0 spiro atoms. The van der Waals surface area contributed by atoms with Gasteiger partial charge in [-0.25, -0.2) is 9.78 Å². The molecule has 1 amide bonds. The van der Waals surface area contributed by atoms with E-state index in [1.807, 2.05) is 66.7 Å². The van der Waals surface area contributed by atoms with E-state index >= 15 is 0 Å². The Bertz CT molecular complexity index is 1120. The zero-order valence-corrected chi connectivity index (χ0v) is 21.8. The first-order chi connectivity index (χ1) is 16.3. The van der Waals surface area contributed by atoms with E-state index in [1.54, 1.807) is 4.90 Å². The van der Waals surface area contributed by atoms with Gasteiger partial charge in [0.2, 0.25) is 5.89 Å². The molecule has 0 aliphatic carbocycles. The van der Waals surface area contributed by atoms with E-state index in [0.29, 0.717) is 25.5 Å². The van der Waals surface area contributed by atoms with Crippen molar-refractivity contribution < 1.29 is 28.0 Å². The summed E-state index contributed by atoms with van der Waals surface area (Å²) in [5, 5.41) is 0. The van der Waals surface area contributed by atoms with E-state index in [-0.39, 0.29) is 12.1 Å². The topological polar surface area (TPSA) is 83.3 Å². The molecule has 1 atom stereocenters. The van der Waals surface area contributed by atoms with Crippen LogP contribution in [0.1, 0.15) is 79.0 Å². The first-order valence-electron chi connectivity index (χ1n) is 12.5. The lowest BCUT2D eigenvalue weighted by molar-refractivity contribution is 0.00578. The predicted molar refractivity (Wildman–Crippen MR) is 132 cm³/mol. The van der Waals surface area contributed by atoms with Crippen molar-refractivity contribution in [3.63, 3.8) is 0 Å². The summed E-state index contributed by atoms with van der Waals surface area (Å²) in [5.74, 6) is 2.06. The van der Waals surface area contributed by atoms with Crippen molar-refractivity contribution in [3.05, 3.63) is 29.9 Å². The fourth-order valence-electron chi connectivity index (χ4n) is 4.69. The number of carbonyl (C=O) groups is 1. The summed E-state index contributed by atoms with van der Waals surface area (Å²) in [6.45, 7) is 14.9. The van der Waals surface area contributed by atoms with Crippen molar-refractivity contribution in [2.75, 3.05) is 13.2 Å². The summed E-state index contributed by atoms with van der Waals surface area (Å²) in [6.07, 6.45) is 1.95. The smallest absolute Gasteiger partial charge is 0.492 e. The fraction of sp³-hybridized carbons (Fsp3) is 0.615. The highest BCUT2D eigenvalue weighted by atomic mass is 16.7. The molecule has 1 aromatic heterocycles. The number of amides is 1. The molecule has 4 heterocycles. The van der Waals surface area contributed by atoms with Crippen LogP contribution in [0.25, 0.3) is 11.3 Å². The second-order valence-electron chi connectivity index (χ2n) is 11.6. The minimum atomic E-state index is -0.552. The highest BCUT2D eigenvalue weighted by Crippen LogP contribution is 2.41. The summed E-state index contributed by atoms with van der Waals surface area (Å²) in [5.41, 5.74) is 1.16. The van der Waals surface area contributed by atoms with Gasteiger partial charge >= 0.3 is 13.2 Å². The van der Waals surface area contributed by atoms with Gasteiger partial charge in [-0.2, -0.15) is 0 Å². The summed E-state index contributed by atoms with van der Waals surface area (Å²) >= 11 is 0. The Morgan fingerprint density at radius 2 is 1.89 bits per heavy atom. The molecule has 5 rings (SSSR count). The zero-order valence-electron chi connectivity index (χ0n) is 21.8. The zero-order chi connectivity index (χ0) is 25.2. The number of aromatic nitrogens is 1. The van der Waals surface area contributed by atoms with Gasteiger partial charge in [0.1, 0.15) is 28.8 Å². The van der Waals surface area contributed by atoms with Gasteiger partial charge in [0.25, 0.3) is 0 Å². The lowest BCUT2D eigenvalue weighted by Crippen LogP contribution is -2.41. The average Bonchev–Trinajstić information content (AvgIpc) is 3.40. The average molecular weight is 482 g/mol. The van der Waals surface area contributed by atoms with Gasteiger partial charge in [-0.05, 0) is 78.9 Å². The Kier molecular flexibility index (Phi) is 5.72. The number of hydrogen-bond acceptors (Lipinski definition) is 7. The van der Waals surface area contributed by atoms with Crippen LogP contribution in [0.15, 0.2) is 22.6 Å². The molecule has 9 heteroatoms. The number of nitrogens with zero attached hydrogens (tertiary/aromatic N) is 2. The van der Waals surface area contributed by atoms with Crippen LogP contribution < -0.4 is 10.2 Å². The number of hydrogen-bond donors (Lipinski definition) is 0. The van der Waals surface area contributed by atoms with Crippen molar-refractivity contribution in [2.24, 2.45) is 0 Å². The van der Waals surface area contributed by atoms with Crippen molar-refractivity contribution in [1.82, 2.24) is 9.88 Å². The summed E-state index contributed by atoms with van der Waals surface area (Å²) in [6, 6.07) is 5.73. The first kappa shape index (κ1) is 24.2. The van der Waals surface area contributed by atoms with Gasteiger partial charge in [-0.3, -0.25) is 4.90 Å². The normalized spacial score (nSPS) is 22.9. The van der Waals surface area contributed by atoms with Crippen LogP contribution in [0.2, 0.25) is 0 Å². The second-order valence-corrected chi connectivity index (χ2v) is 11.6. The molecule has 0 N–H and O–H groups in total. The van der Waals surface area contributed by atoms with Gasteiger partial charge in [-0.1, -0.05) is 6.07 Å². The molecule has 2 fully saturated rings. The minimum Gasteiger partial charge on any atom is -0.492 e. The van der Waals surface area contributed by atoms with Crippen LogP contribution in [0.3, 0.4) is 0 Å². The van der Waals surface area contributed by atoms with Gasteiger partial charge in [0, 0.05) is 18.5 Å². The maximum Gasteiger partial charge on any atom is 0.494 e. The van der Waals surface area contributed by atoms with E-state index in [2.05, 4.69) is 0 Å². The number of oxazole rings is 1. The van der Waals surface area contributed by atoms with E-state index < -0.39 is 23.9 Å². The number of carbonyl (C=O) groups excluding carboxylic acids is 1. The molecule has 0 saturated carbocycles. The fourth-order valence-corrected chi connectivity index (χ4v) is 4.69. The van der Waals surface area contributed by atoms with Crippen LogP contribution in [-0.4, -0.2) is 53.1 Å². The van der Waals surface area contributed by atoms with Gasteiger partial charge < -0.3 is 23.2 Å². The molecule has 2 aromatic rings. The Hall–Kier alpha value is -2.52. The van der Waals surface area contributed by atoms with Gasteiger partial charge in [0.15, 0.2) is 0 Å². The van der Waals surface area contributed by atoms with Crippen LogP contribution in [0.4, 0.5) is 4.79 Å². The van der Waals surface area contributed by atoms with Gasteiger partial charge in [0.05, 0.1) is 17.8 Å². The van der Waals surface area contributed by atoms with Crippen molar-refractivity contribution in [3.8, 4) is 17.0 Å². The van der Waals surface area contributed by atoms with Crippen molar-refractivity contribution >= 4 is 18.7 Å².